The van der Waals surface area contributed by atoms with E-state index in [2.05, 4.69) is 24.4 Å². The minimum Gasteiger partial charge on any atom is -0.494 e. The Morgan fingerprint density at radius 1 is 1.24 bits per heavy atom. The maximum Gasteiger partial charge on any atom is 0.323 e. The maximum absolute atomic E-state index is 11.5. The monoisotopic (exact) mass is 293 g/mol. The third-order valence-corrected chi connectivity index (χ3v) is 3.88. The smallest absolute Gasteiger partial charge is 0.323 e. The van der Waals surface area contributed by atoms with Gasteiger partial charge in [0.25, 0.3) is 0 Å². The van der Waals surface area contributed by atoms with Crippen molar-refractivity contribution in [2.24, 2.45) is 0 Å². The van der Waals surface area contributed by atoms with Crippen molar-refractivity contribution in [1.82, 2.24) is 5.32 Å². The van der Waals surface area contributed by atoms with E-state index in [9.17, 15) is 9.90 Å². The highest BCUT2D eigenvalue weighted by Crippen LogP contribution is 2.19. The van der Waals surface area contributed by atoms with Gasteiger partial charge in [0.05, 0.1) is 6.61 Å². The standard InChI is InChI=1S/C17H27NO3/c1-4-14-8-10-15(11-9-14)21-13-7-12-17(5-2,16(19)20)18-6-3/h8-11,18H,4-7,12-13H2,1-3H3,(H,19,20). The molecule has 0 saturated carbocycles. The van der Waals surface area contributed by atoms with Crippen molar-refractivity contribution in [3.63, 3.8) is 0 Å². The van der Waals surface area contributed by atoms with Crippen molar-refractivity contribution in [3.8, 4) is 5.75 Å². The van der Waals surface area contributed by atoms with Gasteiger partial charge in [-0.1, -0.05) is 32.9 Å². The van der Waals surface area contributed by atoms with Crippen LogP contribution in [-0.2, 0) is 11.2 Å². The highest BCUT2D eigenvalue weighted by molar-refractivity contribution is 5.78. The summed E-state index contributed by atoms with van der Waals surface area (Å²) in [5.41, 5.74) is 0.454. The molecule has 0 bridgehead atoms. The molecule has 0 heterocycles. The van der Waals surface area contributed by atoms with Crippen LogP contribution in [0.5, 0.6) is 5.75 Å². The number of ether oxygens (including phenoxy) is 1. The molecule has 1 aromatic carbocycles. The predicted octanol–water partition coefficient (Wildman–Crippen LogP) is 3.25. The molecule has 2 N–H and O–H groups in total. The Morgan fingerprint density at radius 2 is 1.90 bits per heavy atom. The SMILES string of the molecule is CCNC(CC)(CCCOc1ccc(CC)cc1)C(=O)O. The molecule has 0 aromatic heterocycles. The largest absolute Gasteiger partial charge is 0.494 e. The molecule has 21 heavy (non-hydrogen) atoms. The van der Waals surface area contributed by atoms with Crippen LogP contribution in [0, 0.1) is 0 Å². The molecule has 118 valence electrons. The number of carboxylic acid groups (broad SMARTS) is 1. The van der Waals surface area contributed by atoms with Crippen molar-refractivity contribution in [2.45, 2.75) is 52.0 Å². The van der Waals surface area contributed by atoms with Crippen LogP contribution in [0.4, 0.5) is 0 Å². The zero-order valence-corrected chi connectivity index (χ0v) is 13.3. The van der Waals surface area contributed by atoms with Crippen LogP contribution in [0.2, 0.25) is 0 Å². The second-order valence-electron chi connectivity index (χ2n) is 5.22. The van der Waals surface area contributed by atoms with Crippen LogP contribution in [0.3, 0.4) is 0 Å². The van der Waals surface area contributed by atoms with Gasteiger partial charge in [0.1, 0.15) is 11.3 Å². The van der Waals surface area contributed by atoms with Crippen molar-refractivity contribution >= 4 is 5.97 Å². The average molecular weight is 293 g/mol. The topological polar surface area (TPSA) is 58.6 Å². The summed E-state index contributed by atoms with van der Waals surface area (Å²) in [4.78, 5) is 11.5. The predicted molar refractivity (Wildman–Crippen MR) is 84.9 cm³/mol. The Balaban J connectivity index is 2.45. The minimum atomic E-state index is -0.829. The minimum absolute atomic E-state index is 0.534. The molecule has 1 rings (SSSR count). The van der Waals surface area contributed by atoms with Gasteiger partial charge in [-0.2, -0.15) is 0 Å². The van der Waals surface area contributed by atoms with Gasteiger partial charge in [0, 0.05) is 0 Å². The van der Waals surface area contributed by atoms with Crippen LogP contribution in [0.25, 0.3) is 0 Å². The molecule has 4 heteroatoms. The quantitative estimate of drug-likeness (QED) is 0.650. The molecule has 1 unspecified atom stereocenters. The number of hydrogen-bond acceptors (Lipinski definition) is 3. The molecule has 4 nitrogen and oxygen atoms in total. The number of rotatable bonds is 10. The molecule has 0 aliphatic heterocycles. The second-order valence-corrected chi connectivity index (χ2v) is 5.22. The number of aliphatic carboxylic acids is 1. The number of aryl methyl sites for hydroxylation is 1. The number of carboxylic acids is 1. The highest BCUT2D eigenvalue weighted by Gasteiger charge is 2.34. The first-order chi connectivity index (χ1) is 10.1. The van der Waals surface area contributed by atoms with Gasteiger partial charge in [0.15, 0.2) is 0 Å². The normalized spacial score (nSPS) is 13.7. The van der Waals surface area contributed by atoms with Gasteiger partial charge in [-0.05, 0) is 49.9 Å². The summed E-state index contributed by atoms with van der Waals surface area (Å²) in [5, 5.41) is 12.5. The van der Waals surface area contributed by atoms with Crippen molar-refractivity contribution < 1.29 is 14.6 Å². The van der Waals surface area contributed by atoms with Crippen LogP contribution in [0.1, 0.15) is 45.6 Å². The first kappa shape index (κ1) is 17.5. The van der Waals surface area contributed by atoms with E-state index >= 15 is 0 Å². The summed E-state index contributed by atoms with van der Waals surface area (Å²) in [6.07, 6.45) is 2.87. The molecule has 1 atom stereocenters. The van der Waals surface area contributed by atoms with Gasteiger partial charge >= 0.3 is 5.97 Å². The molecule has 0 radical (unpaired) electrons. The van der Waals surface area contributed by atoms with E-state index in [4.69, 9.17) is 4.74 Å². The van der Waals surface area contributed by atoms with E-state index in [1.54, 1.807) is 0 Å². The van der Waals surface area contributed by atoms with Gasteiger partial charge in [-0.25, -0.2) is 0 Å². The van der Waals surface area contributed by atoms with Crippen molar-refractivity contribution in [1.29, 1.82) is 0 Å². The van der Waals surface area contributed by atoms with Gasteiger partial charge < -0.3 is 15.2 Å². The number of benzene rings is 1. The summed E-state index contributed by atoms with van der Waals surface area (Å²) in [5.74, 6) is 0.0622. The Morgan fingerprint density at radius 3 is 2.38 bits per heavy atom. The number of nitrogens with one attached hydrogen (secondary N) is 1. The van der Waals surface area contributed by atoms with E-state index in [0.29, 0.717) is 32.4 Å². The average Bonchev–Trinajstić information content (AvgIpc) is 2.50. The Hall–Kier alpha value is -1.55. The Labute approximate surface area is 127 Å². The fourth-order valence-corrected chi connectivity index (χ4v) is 2.45. The molecule has 0 fully saturated rings. The number of hydrogen-bond donors (Lipinski definition) is 2. The fraction of sp³-hybridized carbons (Fsp3) is 0.588. The maximum atomic E-state index is 11.5. The lowest BCUT2D eigenvalue weighted by Gasteiger charge is -2.29. The summed E-state index contributed by atoms with van der Waals surface area (Å²) in [6, 6.07) is 8.05. The summed E-state index contributed by atoms with van der Waals surface area (Å²) in [6.45, 7) is 7.14. The zero-order chi connectivity index (χ0) is 15.7. The number of likely N-dealkylation sites (N-methyl/N-ethyl adjacent to an activating group) is 1. The highest BCUT2D eigenvalue weighted by atomic mass is 16.5. The van der Waals surface area contributed by atoms with Crippen molar-refractivity contribution in [3.05, 3.63) is 29.8 Å². The van der Waals surface area contributed by atoms with E-state index in [0.717, 1.165) is 12.2 Å². The lowest BCUT2D eigenvalue weighted by atomic mass is 9.90. The van der Waals surface area contributed by atoms with Gasteiger partial charge in [0.2, 0.25) is 0 Å². The van der Waals surface area contributed by atoms with Crippen LogP contribution in [-0.4, -0.2) is 29.8 Å². The van der Waals surface area contributed by atoms with Crippen LogP contribution < -0.4 is 10.1 Å². The van der Waals surface area contributed by atoms with Gasteiger partial charge in [-0.3, -0.25) is 4.79 Å². The van der Waals surface area contributed by atoms with E-state index in [1.807, 2.05) is 26.0 Å². The van der Waals surface area contributed by atoms with Crippen molar-refractivity contribution in [2.75, 3.05) is 13.2 Å². The molecule has 0 saturated heterocycles. The molecule has 1 aromatic rings. The lowest BCUT2D eigenvalue weighted by molar-refractivity contribution is -0.145. The molecule has 0 aliphatic carbocycles. The zero-order valence-electron chi connectivity index (χ0n) is 13.3. The molecule has 0 spiro atoms. The Kier molecular flexibility index (Phi) is 7.23. The van der Waals surface area contributed by atoms with Gasteiger partial charge in [-0.15, -0.1) is 0 Å². The van der Waals surface area contributed by atoms with E-state index in [-0.39, 0.29) is 0 Å². The summed E-state index contributed by atoms with van der Waals surface area (Å²) < 4.78 is 5.68. The van der Waals surface area contributed by atoms with Crippen LogP contribution in [0.15, 0.2) is 24.3 Å². The molecule has 0 amide bonds. The molecule has 0 aliphatic rings. The molecular weight excluding hydrogens is 266 g/mol. The van der Waals surface area contributed by atoms with Crippen LogP contribution >= 0.6 is 0 Å². The third kappa shape index (κ3) is 5.05. The Bertz CT molecular complexity index is 430. The fourth-order valence-electron chi connectivity index (χ4n) is 2.45. The second kappa shape index (κ2) is 8.67. The third-order valence-electron chi connectivity index (χ3n) is 3.88. The lowest BCUT2D eigenvalue weighted by Crippen LogP contribution is -2.51. The molecular formula is C17H27NO3. The van der Waals surface area contributed by atoms with E-state index < -0.39 is 11.5 Å². The first-order valence-corrected chi connectivity index (χ1v) is 7.78. The first-order valence-electron chi connectivity index (χ1n) is 7.78. The summed E-state index contributed by atoms with van der Waals surface area (Å²) >= 11 is 0. The number of carbonyl (C=O) groups is 1. The summed E-state index contributed by atoms with van der Waals surface area (Å²) in [7, 11) is 0. The van der Waals surface area contributed by atoms with E-state index in [1.165, 1.54) is 5.56 Å².